The summed E-state index contributed by atoms with van der Waals surface area (Å²) in [6, 6.07) is 12.1. The van der Waals surface area contributed by atoms with Crippen LogP contribution < -0.4 is 36.1 Å². The van der Waals surface area contributed by atoms with Gasteiger partial charge in [0, 0.05) is 55.1 Å². The van der Waals surface area contributed by atoms with Gasteiger partial charge in [0.25, 0.3) is 0 Å². The van der Waals surface area contributed by atoms with Crippen LogP contribution in [0.4, 0.5) is 17.1 Å². The van der Waals surface area contributed by atoms with Crippen molar-refractivity contribution in [1.29, 1.82) is 5.26 Å². The highest BCUT2D eigenvalue weighted by Gasteiger charge is 2.31. The molecule has 10 nitrogen and oxygen atoms in total. The Kier molecular flexibility index (Phi) is 10.9. The first kappa shape index (κ1) is 30.7. The summed E-state index contributed by atoms with van der Waals surface area (Å²) in [5.74, 6) is 0.774. The minimum absolute atomic E-state index is 0.0750. The lowest BCUT2D eigenvalue weighted by molar-refractivity contribution is -0.116. The third-order valence-corrected chi connectivity index (χ3v) is 7.57. The molecule has 11 heteroatoms. The molecule has 2 aliphatic heterocycles. The Morgan fingerprint density at radius 1 is 1.15 bits per heavy atom. The van der Waals surface area contributed by atoms with E-state index >= 15 is 0 Å². The van der Waals surface area contributed by atoms with Crippen LogP contribution in [0.15, 0.2) is 30.3 Å². The second-order valence-corrected chi connectivity index (χ2v) is 11.3. The number of ether oxygens (including phenoxy) is 2. The van der Waals surface area contributed by atoms with Gasteiger partial charge in [-0.3, -0.25) is 4.79 Å². The molecule has 0 aromatic heterocycles. The highest BCUT2D eigenvalue weighted by molar-refractivity contribution is 6.32. The fraction of sp³-hybridized carbons (Fsp3) is 0.533. The van der Waals surface area contributed by atoms with Crippen LogP contribution in [-0.2, 0) is 4.79 Å². The SMILES string of the molecule is CCOc1cc2c(cc1NC(=O)CCCN(C)C)C(Nc1ccc(OCC3CNC(C)CN3)c(Cl)c1)C(C#N)CN2. The summed E-state index contributed by atoms with van der Waals surface area (Å²) >= 11 is 6.61. The van der Waals surface area contributed by atoms with Crippen LogP contribution >= 0.6 is 11.6 Å². The zero-order valence-electron chi connectivity index (χ0n) is 24.4. The molecule has 4 rings (SSSR count). The van der Waals surface area contributed by atoms with E-state index in [1.165, 1.54) is 0 Å². The van der Waals surface area contributed by atoms with E-state index in [1.807, 2.05) is 51.4 Å². The van der Waals surface area contributed by atoms with Crippen molar-refractivity contribution in [2.24, 2.45) is 5.92 Å². The number of nitrogens with zero attached hydrogens (tertiary/aromatic N) is 2. The van der Waals surface area contributed by atoms with Crippen LogP contribution in [-0.4, -0.2) is 76.4 Å². The summed E-state index contributed by atoms with van der Waals surface area (Å²) in [7, 11) is 3.97. The van der Waals surface area contributed by atoms with Crippen molar-refractivity contribution in [2.75, 3.05) is 69.4 Å². The molecular formula is C30H42ClN7O3. The molecule has 2 aromatic rings. The maximum absolute atomic E-state index is 12.7. The molecule has 0 radical (unpaired) electrons. The van der Waals surface area contributed by atoms with E-state index in [9.17, 15) is 10.1 Å². The van der Waals surface area contributed by atoms with E-state index in [0.29, 0.717) is 54.4 Å². The van der Waals surface area contributed by atoms with Crippen LogP contribution in [0.2, 0.25) is 5.02 Å². The van der Waals surface area contributed by atoms with E-state index in [0.717, 1.165) is 43.0 Å². The minimum atomic E-state index is -0.356. The first-order valence-corrected chi connectivity index (χ1v) is 14.7. The lowest BCUT2D eigenvalue weighted by atomic mass is 9.88. The smallest absolute Gasteiger partial charge is 0.224 e. The van der Waals surface area contributed by atoms with Crippen LogP contribution in [0.25, 0.3) is 0 Å². The first-order chi connectivity index (χ1) is 19.8. The number of nitriles is 1. The summed E-state index contributed by atoms with van der Waals surface area (Å²) in [6.45, 7) is 8.07. The van der Waals surface area contributed by atoms with E-state index in [4.69, 9.17) is 21.1 Å². The number of anilines is 3. The molecule has 0 aliphatic carbocycles. The van der Waals surface area contributed by atoms with Gasteiger partial charge < -0.3 is 41.0 Å². The molecule has 4 atom stereocenters. The number of nitrogens with one attached hydrogen (secondary N) is 5. The van der Waals surface area contributed by atoms with E-state index < -0.39 is 0 Å². The van der Waals surface area contributed by atoms with Crippen molar-refractivity contribution in [3.63, 3.8) is 0 Å². The molecule has 1 saturated heterocycles. The van der Waals surface area contributed by atoms with Gasteiger partial charge in [0.1, 0.15) is 18.1 Å². The van der Waals surface area contributed by atoms with Crippen LogP contribution in [0.5, 0.6) is 11.5 Å². The molecule has 41 heavy (non-hydrogen) atoms. The van der Waals surface area contributed by atoms with Crippen molar-refractivity contribution >= 4 is 34.6 Å². The number of halogens is 1. The molecular weight excluding hydrogens is 542 g/mol. The Morgan fingerprint density at radius 2 is 1.98 bits per heavy atom. The number of carbonyl (C=O) groups excluding carboxylic acids is 1. The van der Waals surface area contributed by atoms with Crippen LogP contribution in [0.3, 0.4) is 0 Å². The van der Waals surface area contributed by atoms with E-state index in [-0.39, 0.29) is 23.9 Å². The van der Waals surface area contributed by atoms with Crippen molar-refractivity contribution in [3.8, 4) is 17.6 Å². The van der Waals surface area contributed by atoms with Gasteiger partial charge in [-0.25, -0.2) is 0 Å². The maximum Gasteiger partial charge on any atom is 0.224 e. The topological polar surface area (TPSA) is 123 Å². The molecule has 1 amide bonds. The zero-order chi connectivity index (χ0) is 29.4. The molecule has 2 aromatic carbocycles. The van der Waals surface area contributed by atoms with Gasteiger partial charge in [0.05, 0.1) is 41.4 Å². The molecule has 222 valence electrons. The van der Waals surface area contributed by atoms with Crippen LogP contribution in [0, 0.1) is 17.2 Å². The fourth-order valence-corrected chi connectivity index (χ4v) is 5.26. The number of amides is 1. The molecule has 2 heterocycles. The minimum Gasteiger partial charge on any atom is -0.492 e. The predicted molar refractivity (Wildman–Crippen MR) is 164 cm³/mol. The van der Waals surface area contributed by atoms with Gasteiger partial charge in [-0.1, -0.05) is 11.6 Å². The van der Waals surface area contributed by atoms with Gasteiger partial charge in [0.15, 0.2) is 0 Å². The lowest BCUT2D eigenvalue weighted by Crippen LogP contribution is -2.55. The average molecular weight is 584 g/mol. The number of hydrogen-bond donors (Lipinski definition) is 5. The summed E-state index contributed by atoms with van der Waals surface area (Å²) in [5.41, 5.74) is 3.10. The normalized spacial score (nSPS) is 21.8. The third kappa shape index (κ3) is 8.39. The Labute approximate surface area is 248 Å². The monoisotopic (exact) mass is 583 g/mol. The first-order valence-electron chi connectivity index (χ1n) is 14.3. The third-order valence-electron chi connectivity index (χ3n) is 7.27. The van der Waals surface area contributed by atoms with Crippen molar-refractivity contribution in [2.45, 2.75) is 44.8 Å². The highest BCUT2D eigenvalue weighted by atomic mass is 35.5. The summed E-state index contributed by atoms with van der Waals surface area (Å²) < 4.78 is 11.9. The molecule has 1 fully saturated rings. The number of piperazine rings is 1. The summed E-state index contributed by atoms with van der Waals surface area (Å²) in [6.07, 6.45) is 1.16. The standard InChI is InChI=1S/C30H42ClN7O3/c1-5-40-28-13-25-23(12-26(28)37-29(39)7-6-10-38(3)4)30(20(14-32)16-35-25)36-21-8-9-27(24(31)11-21)41-18-22-17-33-19(2)15-34-22/h8-9,11-13,19-20,22,30,33-36H,5-7,10,15-18H2,1-4H3,(H,37,39). The Morgan fingerprint density at radius 3 is 2.66 bits per heavy atom. The number of carbonyl (C=O) groups is 1. The molecule has 0 spiro atoms. The second-order valence-electron chi connectivity index (χ2n) is 10.9. The fourth-order valence-electron chi connectivity index (χ4n) is 5.03. The quantitative estimate of drug-likeness (QED) is 0.252. The molecule has 4 unspecified atom stereocenters. The lowest BCUT2D eigenvalue weighted by Gasteiger charge is -2.33. The number of benzene rings is 2. The molecule has 0 bridgehead atoms. The van der Waals surface area contributed by atoms with Gasteiger partial charge in [0.2, 0.25) is 5.91 Å². The van der Waals surface area contributed by atoms with Gasteiger partial charge in [-0.2, -0.15) is 5.26 Å². The number of rotatable bonds is 12. The zero-order valence-corrected chi connectivity index (χ0v) is 25.1. The maximum atomic E-state index is 12.7. The number of fused-ring (bicyclic) bond motifs is 1. The average Bonchev–Trinajstić information content (AvgIpc) is 2.94. The van der Waals surface area contributed by atoms with Crippen molar-refractivity contribution in [1.82, 2.24) is 15.5 Å². The van der Waals surface area contributed by atoms with Crippen molar-refractivity contribution in [3.05, 3.63) is 40.9 Å². The van der Waals surface area contributed by atoms with Crippen LogP contribution in [0.1, 0.15) is 38.3 Å². The molecule has 5 N–H and O–H groups in total. The Hall–Kier alpha value is -3.23. The largest absolute Gasteiger partial charge is 0.492 e. The highest BCUT2D eigenvalue weighted by Crippen LogP contribution is 2.42. The number of hydrogen-bond acceptors (Lipinski definition) is 9. The Balaban J connectivity index is 1.51. The van der Waals surface area contributed by atoms with E-state index in [1.54, 1.807) is 0 Å². The molecule has 2 aliphatic rings. The van der Waals surface area contributed by atoms with Gasteiger partial charge in [-0.05, 0) is 65.2 Å². The van der Waals surface area contributed by atoms with Gasteiger partial charge >= 0.3 is 0 Å². The molecule has 0 saturated carbocycles. The van der Waals surface area contributed by atoms with Gasteiger partial charge in [-0.15, -0.1) is 0 Å². The summed E-state index contributed by atoms with van der Waals surface area (Å²) in [5, 5.41) is 27.3. The second kappa shape index (κ2) is 14.6. The predicted octanol–water partition coefficient (Wildman–Crippen LogP) is 4.07. The van der Waals surface area contributed by atoms with Crippen molar-refractivity contribution < 1.29 is 14.3 Å². The Bertz CT molecular complexity index is 1230. The van der Waals surface area contributed by atoms with E-state index in [2.05, 4.69) is 44.5 Å². The summed E-state index contributed by atoms with van der Waals surface area (Å²) in [4.78, 5) is 14.8.